The summed E-state index contributed by atoms with van der Waals surface area (Å²) in [5, 5.41) is 3.08. The molecule has 0 atom stereocenters. The van der Waals surface area contributed by atoms with Crippen LogP contribution in [0.25, 0.3) is 10.2 Å². The molecule has 0 radical (unpaired) electrons. The largest absolute Gasteiger partial charge is 0.477 e. The maximum atomic E-state index is 5.81. The maximum Gasteiger partial charge on any atom is 0.227 e. The molecular formula is C11H11ClN2OS. The Morgan fingerprint density at radius 3 is 3.12 bits per heavy atom. The number of halogens is 1. The Bertz CT molecular complexity index is 524. The van der Waals surface area contributed by atoms with Crippen molar-refractivity contribution < 1.29 is 4.74 Å². The Hall–Kier alpha value is -1.13. The highest BCUT2D eigenvalue weighted by Gasteiger charge is 2.08. The molecule has 84 valence electrons. The van der Waals surface area contributed by atoms with Gasteiger partial charge in [-0.25, -0.2) is 4.98 Å². The number of rotatable bonds is 4. The summed E-state index contributed by atoms with van der Waals surface area (Å²) in [6.07, 6.45) is 0.813. The highest BCUT2D eigenvalue weighted by atomic mass is 35.5. The third kappa shape index (κ3) is 2.51. The molecule has 2 rings (SSSR count). The predicted molar refractivity (Wildman–Crippen MR) is 67.4 cm³/mol. The van der Waals surface area contributed by atoms with E-state index in [0.29, 0.717) is 12.5 Å². The monoisotopic (exact) mass is 254 g/mol. The first-order chi connectivity index (χ1) is 7.66. The van der Waals surface area contributed by atoms with E-state index >= 15 is 0 Å². The number of hydrogen-bond donors (Lipinski definition) is 0. The second-order valence-corrected chi connectivity index (χ2v) is 4.73. The molecule has 0 saturated heterocycles. The smallest absolute Gasteiger partial charge is 0.227 e. The van der Waals surface area contributed by atoms with E-state index in [1.807, 2.05) is 18.4 Å². The number of thiophene rings is 1. The maximum absolute atomic E-state index is 5.81. The average Bonchev–Trinajstić information content (AvgIpc) is 2.64. The number of fused-ring (bicyclic) bond motifs is 1. The summed E-state index contributed by atoms with van der Waals surface area (Å²) < 4.78 is 5.58. The minimum atomic E-state index is 0.222. The van der Waals surface area contributed by atoms with Gasteiger partial charge in [0.1, 0.15) is 4.83 Å². The summed E-state index contributed by atoms with van der Waals surface area (Å²) in [6, 6.07) is 1.94. The van der Waals surface area contributed by atoms with Gasteiger partial charge in [0.2, 0.25) is 11.2 Å². The summed E-state index contributed by atoms with van der Waals surface area (Å²) in [5.41, 5.74) is 1.08. The van der Waals surface area contributed by atoms with E-state index in [2.05, 4.69) is 16.5 Å². The Labute approximate surface area is 103 Å². The Balaban J connectivity index is 2.22. The minimum absolute atomic E-state index is 0.222. The van der Waals surface area contributed by atoms with Gasteiger partial charge in [0.15, 0.2) is 0 Å². The molecule has 2 heterocycles. The van der Waals surface area contributed by atoms with Crippen LogP contribution in [0.3, 0.4) is 0 Å². The van der Waals surface area contributed by atoms with Crippen LogP contribution in [0.5, 0.6) is 5.88 Å². The first-order valence-corrected chi connectivity index (χ1v) is 6.10. The van der Waals surface area contributed by atoms with E-state index in [0.717, 1.165) is 22.2 Å². The molecule has 0 bridgehead atoms. The standard InChI is InChI=1S/C11H11ClN2OS/c1-7(2)3-5-15-9-8-4-6-16-10(8)14-11(12)13-9/h4,6H,1,3,5H2,2H3. The molecule has 5 heteroatoms. The van der Waals surface area contributed by atoms with Gasteiger partial charge >= 0.3 is 0 Å². The number of hydrogen-bond acceptors (Lipinski definition) is 4. The zero-order valence-electron chi connectivity index (χ0n) is 8.86. The average molecular weight is 255 g/mol. The van der Waals surface area contributed by atoms with Gasteiger partial charge in [-0.3, -0.25) is 0 Å². The topological polar surface area (TPSA) is 35.0 Å². The Morgan fingerprint density at radius 2 is 2.38 bits per heavy atom. The van der Waals surface area contributed by atoms with Crippen molar-refractivity contribution in [3.8, 4) is 5.88 Å². The molecule has 16 heavy (non-hydrogen) atoms. The molecule has 0 unspecified atom stereocenters. The quantitative estimate of drug-likeness (QED) is 0.617. The molecule has 0 aliphatic carbocycles. The van der Waals surface area contributed by atoms with Crippen LogP contribution in [0, 0.1) is 0 Å². The highest BCUT2D eigenvalue weighted by Crippen LogP contribution is 2.28. The number of nitrogens with zero attached hydrogens (tertiary/aromatic N) is 2. The molecule has 2 aromatic heterocycles. The van der Waals surface area contributed by atoms with Crippen LogP contribution in [-0.2, 0) is 0 Å². The Kier molecular flexibility index (Phi) is 3.41. The van der Waals surface area contributed by atoms with Gasteiger partial charge in [0, 0.05) is 6.42 Å². The third-order valence-corrected chi connectivity index (χ3v) is 3.01. The van der Waals surface area contributed by atoms with E-state index in [1.54, 1.807) is 0 Å². The van der Waals surface area contributed by atoms with E-state index in [9.17, 15) is 0 Å². The van der Waals surface area contributed by atoms with Crippen LogP contribution in [0.1, 0.15) is 13.3 Å². The van der Waals surface area contributed by atoms with Crippen molar-refractivity contribution >= 4 is 33.2 Å². The lowest BCUT2D eigenvalue weighted by Crippen LogP contribution is -2.00. The zero-order valence-corrected chi connectivity index (χ0v) is 10.4. The van der Waals surface area contributed by atoms with Gasteiger partial charge in [-0.2, -0.15) is 4.98 Å². The molecule has 3 nitrogen and oxygen atoms in total. The lowest BCUT2D eigenvalue weighted by atomic mass is 10.3. The fourth-order valence-corrected chi connectivity index (χ4v) is 2.20. The first-order valence-electron chi connectivity index (χ1n) is 4.85. The van der Waals surface area contributed by atoms with Gasteiger partial charge < -0.3 is 4.74 Å². The van der Waals surface area contributed by atoms with Crippen LogP contribution < -0.4 is 4.74 Å². The third-order valence-electron chi connectivity index (χ3n) is 2.03. The SMILES string of the molecule is C=C(C)CCOc1nc(Cl)nc2sccc12. The molecule has 0 N–H and O–H groups in total. The van der Waals surface area contributed by atoms with Crippen molar-refractivity contribution in [1.29, 1.82) is 0 Å². The van der Waals surface area contributed by atoms with Crippen LogP contribution in [0.15, 0.2) is 23.6 Å². The summed E-state index contributed by atoms with van der Waals surface area (Å²) in [5.74, 6) is 0.553. The summed E-state index contributed by atoms with van der Waals surface area (Å²) in [4.78, 5) is 9.05. The molecule has 0 spiro atoms. The van der Waals surface area contributed by atoms with Gasteiger partial charge in [0.05, 0.1) is 12.0 Å². The number of ether oxygens (including phenoxy) is 1. The van der Waals surface area contributed by atoms with Crippen molar-refractivity contribution in [2.75, 3.05) is 6.61 Å². The van der Waals surface area contributed by atoms with Crippen molar-refractivity contribution in [2.24, 2.45) is 0 Å². The lowest BCUT2D eigenvalue weighted by molar-refractivity contribution is 0.313. The first kappa shape index (κ1) is 11.4. The second kappa shape index (κ2) is 4.80. The molecule has 2 aromatic rings. The second-order valence-electron chi connectivity index (χ2n) is 3.49. The summed E-state index contributed by atoms with van der Waals surface area (Å²) in [6.45, 7) is 6.35. The Morgan fingerprint density at radius 1 is 1.56 bits per heavy atom. The molecule has 0 amide bonds. The van der Waals surface area contributed by atoms with E-state index in [1.165, 1.54) is 11.3 Å². The minimum Gasteiger partial charge on any atom is -0.477 e. The van der Waals surface area contributed by atoms with E-state index < -0.39 is 0 Å². The van der Waals surface area contributed by atoms with E-state index in [4.69, 9.17) is 16.3 Å². The summed E-state index contributed by atoms with van der Waals surface area (Å²) >= 11 is 7.33. The van der Waals surface area contributed by atoms with Crippen LogP contribution >= 0.6 is 22.9 Å². The highest BCUT2D eigenvalue weighted by molar-refractivity contribution is 7.16. The van der Waals surface area contributed by atoms with Gasteiger partial charge in [0.25, 0.3) is 0 Å². The fourth-order valence-electron chi connectivity index (χ4n) is 1.24. The van der Waals surface area contributed by atoms with Crippen LogP contribution in [0.2, 0.25) is 5.28 Å². The van der Waals surface area contributed by atoms with Crippen LogP contribution in [0.4, 0.5) is 0 Å². The van der Waals surface area contributed by atoms with Crippen LogP contribution in [-0.4, -0.2) is 16.6 Å². The summed E-state index contributed by atoms with van der Waals surface area (Å²) in [7, 11) is 0. The molecule has 0 aliphatic heterocycles. The van der Waals surface area contributed by atoms with Crippen molar-refractivity contribution in [2.45, 2.75) is 13.3 Å². The van der Waals surface area contributed by atoms with Gasteiger partial charge in [-0.05, 0) is 30.0 Å². The van der Waals surface area contributed by atoms with Crippen molar-refractivity contribution in [3.63, 3.8) is 0 Å². The number of aromatic nitrogens is 2. The lowest BCUT2D eigenvalue weighted by Gasteiger charge is -2.06. The zero-order chi connectivity index (χ0) is 11.5. The van der Waals surface area contributed by atoms with Crippen molar-refractivity contribution in [3.05, 3.63) is 28.9 Å². The van der Waals surface area contributed by atoms with Crippen molar-refractivity contribution in [1.82, 2.24) is 9.97 Å². The van der Waals surface area contributed by atoms with Gasteiger partial charge in [-0.15, -0.1) is 17.9 Å². The fraction of sp³-hybridized carbons (Fsp3) is 0.273. The molecule has 0 aliphatic rings. The normalized spacial score (nSPS) is 10.6. The van der Waals surface area contributed by atoms with Gasteiger partial charge in [-0.1, -0.05) is 5.57 Å². The molecule has 0 fully saturated rings. The molecule has 0 saturated carbocycles. The molecular weight excluding hydrogens is 244 g/mol. The molecule has 0 aromatic carbocycles. The predicted octanol–water partition coefficient (Wildman–Crippen LogP) is 3.69. The van der Waals surface area contributed by atoms with E-state index in [-0.39, 0.29) is 5.28 Å².